The molecule has 2 aliphatic heterocycles. The summed E-state index contributed by atoms with van der Waals surface area (Å²) in [6.07, 6.45) is 2.44. The molecule has 0 aliphatic carbocycles. The number of fused-ring (bicyclic) bond motifs is 1. The van der Waals surface area contributed by atoms with E-state index in [9.17, 15) is 18.7 Å². The molecule has 2 aliphatic rings. The molecule has 1 atom stereocenters. The lowest BCUT2D eigenvalue weighted by molar-refractivity contribution is -0.116. The van der Waals surface area contributed by atoms with Gasteiger partial charge in [0, 0.05) is 24.6 Å². The van der Waals surface area contributed by atoms with E-state index in [1.165, 1.54) is 24.3 Å². The second-order valence-corrected chi connectivity index (χ2v) is 9.70. The Morgan fingerprint density at radius 2 is 1.43 bits per heavy atom. The van der Waals surface area contributed by atoms with E-state index in [0.717, 1.165) is 53.9 Å². The first-order valence-corrected chi connectivity index (χ1v) is 12.3. The van der Waals surface area contributed by atoms with Crippen LogP contribution in [-0.2, 0) is 11.2 Å². The number of carbonyl (C=O) groups excluding carboxylic acids is 1. The van der Waals surface area contributed by atoms with E-state index in [2.05, 4.69) is 10.2 Å². The monoisotopic (exact) mass is 476 g/mol. The number of anilines is 1. The maximum absolute atomic E-state index is 13.6. The molecule has 3 aromatic rings. The molecule has 4 nitrogen and oxygen atoms in total. The molecule has 35 heavy (non-hydrogen) atoms. The lowest BCUT2D eigenvalue weighted by atomic mass is 9.76. The van der Waals surface area contributed by atoms with Crippen molar-refractivity contribution in [2.75, 3.05) is 25.0 Å². The van der Waals surface area contributed by atoms with Crippen LogP contribution in [0.15, 0.2) is 66.7 Å². The quantitative estimate of drug-likeness (QED) is 0.499. The number of β-amino-alcohol motifs (C(OH)–C–C–N with tert-alkyl or cyclic N) is 1. The van der Waals surface area contributed by atoms with Gasteiger partial charge < -0.3 is 15.3 Å². The van der Waals surface area contributed by atoms with Crippen molar-refractivity contribution in [3.63, 3.8) is 0 Å². The Hall–Kier alpha value is -3.09. The number of amides is 1. The Morgan fingerprint density at radius 3 is 2.03 bits per heavy atom. The predicted octanol–water partition coefficient (Wildman–Crippen LogP) is 5.43. The highest BCUT2D eigenvalue weighted by atomic mass is 19.1. The van der Waals surface area contributed by atoms with Gasteiger partial charge in [0.1, 0.15) is 11.6 Å². The van der Waals surface area contributed by atoms with Gasteiger partial charge >= 0.3 is 0 Å². The number of nitrogens with one attached hydrogen (secondary N) is 1. The Morgan fingerprint density at radius 1 is 0.857 bits per heavy atom. The minimum absolute atomic E-state index is 0.0354. The fraction of sp³-hybridized carbons (Fsp3) is 0.345. The Bertz CT molecular complexity index is 1130. The third kappa shape index (κ3) is 5.44. The molecule has 0 radical (unpaired) electrons. The van der Waals surface area contributed by atoms with Crippen LogP contribution in [0.25, 0.3) is 0 Å². The van der Waals surface area contributed by atoms with E-state index in [0.29, 0.717) is 25.3 Å². The number of hydrogen-bond acceptors (Lipinski definition) is 3. The Kier molecular flexibility index (Phi) is 6.93. The van der Waals surface area contributed by atoms with E-state index < -0.39 is 6.10 Å². The summed E-state index contributed by atoms with van der Waals surface area (Å²) in [5.41, 5.74) is 4.86. The van der Waals surface area contributed by atoms with Crippen molar-refractivity contribution in [1.29, 1.82) is 0 Å². The van der Waals surface area contributed by atoms with E-state index in [1.807, 2.05) is 42.5 Å². The first kappa shape index (κ1) is 23.6. The second-order valence-electron chi connectivity index (χ2n) is 9.70. The van der Waals surface area contributed by atoms with Gasteiger partial charge in [0.05, 0.1) is 6.10 Å². The lowest BCUT2D eigenvalue weighted by Crippen LogP contribution is -2.38. The Labute approximate surface area is 204 Å². The molecule has 3 aromatic carbocycles. The van der Waals surface area contributed by atoms with Crippen LogP contribution in [0.1, 0.15) is 53.5 Å². The predicted molar refractivity (Wildman–Crippen MR) is 132 cm³/mol. The van der Waals surface area contributed by atoms with Gasteiger partial charge in [0.25, 0.3) is 0 Å². The van der Waals surface area contributed by atoms with Crippen molar-refractivity contribution in [3.8, 4) is 0 Å². The van der Waals surface area contributed by atoms with Crippen LogP contribution in [0.2, 0.25) is 0 Å². The number of aliphatic hydroxyl groups excluding tert-OH is 1. The highest BCUT2D eigenvalue weighted by molar-refractivity contribution is 5.93. The lowest BCUT2D eigenvalue weighted by Gasteiger charge is -2.37. The van der Waals surface area contributed by atoms with E-state index in [1.54, 1.807) is 0 Å². The van der Waals surface area contributed by atoms with Crippen molar-refractivity contribution < 1.29 is 18.7 Å². The Balaban J connectivity index is 1.25. The van der Waals surface area contributed by atoms with Crippen LogP contribution in [0, 0.1) is 17.6 Å². The molecule has 0 spiro atoms. The van der Waals surface area contributed by atoms with Crippen molar-refractivity contribution in [2.24, 2.45) is 5.92 Å². The highest BCUT2D eigenvalue weighted by Crippen LogP contribution is 2.38. The van der Waals surface area contributed by atoms with E-state index >= 15 is 0 Å². The largest absolute Gasteiger partial charge is 0.387 e. The van der Waals surface area contributed by atoms with Gasteiger partial charge in [0.15, 0.2) is 0 Å². The SMILES string of the molecule is O=C1CCc2cc(C(O)CN3CCC(C(c4ccc(F)cc4)c4ccc(F)cc4)CC3)ccc2N1. The van der Waals surface area contributed by atoms with E-state index in [-0.39, 0.29) is 23.5 Å². The molecular formula is C29H30F2N2O2. The van der Waals surface area contributed by atoms with Gasteiger partial charge in [-0.1, -0.05) is 36.4 Å². The van der Waals surface area contributed by atoms with Crippen molar-refractivity contribution in [2.45, 2.75) is 37.7 Å². The van der Waals surface area contributed by atoms with Crippen LogP contribution < -0.4 is 5.32 Å². The summed E-state index contributed by atoms with van der Waals surface area (Å²) in [7, 11) is 0. The second kappa shape index (κ2) is 10.3. The topological polar surface area (TPSA) is 52.6 Å². The molecule has 1 saturated heterocycles. The summed E-state index contributed by atoms with van der Waals surface area (Å²) in [5.74, 6) is -0.0843. The zero-order valence-electron chi connectivity index (χ0n) is 19.6. The molecule has 1 unspecified atom stereocenters. The molecule has 0 saturated carbocycles. The molecule has 182 valence electrons. The molecular weight excluding hydrogens is 446 g/mol. The molecule has 5 rings (SSSR count). The van der Waals surface area contributed by atoms with Crippen LogP contribution >= 0.6 is 0 Å². The maximum atomic E-state index is 13.6. The molecule has 0 aromatic heterocycles. The number of aliphatic hydroxyl groups is 1. The number of piperidine rings is 1. The van der Waals surface area contributed by atoms with E-state index in [4.69, 9.17) is 0 Å². The molecule has 2 heterocycles. The smallest absolute Gasteiger partial charge is 0.224 e. The van der Waals surface area contributed by atoms with Crippen molar-refractivity contribution in [3.05, 3.63) is 101 Å². The highest BCUT2D eigenvalue weighted by Gasteiger charge is 2.30. The first-order valence-electron chi connectivity index (χ1n) is 12.3. The van der Waals surface area contributed by atoms with Gasteiger partial charge in [-0.05, 0) is 90.9 Å². The molecule has 1 amide bonds. The number of carbonyl (C=O) groups is 1. The normalized spacial score (nSPS) is 17.8. The third-order valence-electron chi connectivity index (χ3n) is 7.40. The average molecular weight is 477 g/mol. The fourth-order valence-corrected chi connectivity index (χ4v) is 5.51. The number of likely N-dealkylation sites (tertiary alicyclic amines) is 1. The van der Waals surface area contributed by atoms with Crippen LogP contribution in [0.4, 0.5) is 14.5 Å². The summed E-state index contributed by atoms with van der Waals surface area (Å²) in [4.78, 5) is 13.9. The summed E-state index contributed by atoms with van der Waals surface area (Å²) < 4.78 is 27.1. The summed E-state index contributed by atoms with van der Waals surface area (Å²) in [6, 6.07) is 19.1. The molecule has 0 bridgehead atoms. The van der Waals surface area contributed by atoms with Crippen molar-refractivity contribution >= 4 is 11.6 Å². The summed E-state index contributed by atoms with van der Waals surface area (Å²) >= 11 is 0. The zero-order chi connectivity index (χ0) is 24.4. The number of benzene rings is 3. The van der Waals surface area contributed by atoms with Gasteiger partial charge in [0.2, 0.25) is 5.91 Å². The number of hydrogen-bond donors (Lipinski definition) is 2. The molecule has 2 N–H and O–H groups in total. The number of rotatable bonds is 6. The van der Waals surface area contributed by atoms with Gasteiger partial charge in [-0.2, -0.15) is 0 Å². The number of halogens is 2. The van der Waals surface area contributed by atoms with Gasteiger partial charge in [-0.3, -0.25) is 4.79 Å². The average Bonchev–Trinajstić information content (AvgIpc) is 2.87. The summed E-state index contributed by atoms with van der Waals surface area (Å²) in [6.45, 7) is 2.25. The number of aryl methyl sites for hydroxylation is 1. The zero-order valence-corrected chi connectivity index (χ0v) is 19.6. The van der Waals surface area contributed by atoms with Crippen LogP contribution in [0.3, 0.4) is 0 Å². The standard InChI is InChI=1S/C29H30F2N2O2/c30-24-7-1-19(2-8-24)29(20-3-9-25(31)10-4-20)21-13-15-33(16-14-21)18-27(34)23-5-11-26-22(17-23)6-12-28(35)32-26/h1-5,7-11,17,21,27,29,34H,6,12-16,18H2,(H,32,35). The molecule has 6 heteroatoms. The molecule has 1 fully saturated rings. The maximum Gasteiger partial charge on any atom is 0.224 e. The van der Waals surface area contributed by atoms with Crippen molar-refractivity contribution in [1.82, 2.24) is 4.90 Å². The van der Waals surface area contributed by atoms with Gasteiger partial charge in [-0.15, -0.1) is 0 Å². The minimum Gasteiger partial charge on any atom is -0.387 e. The van der Waals surface area contributed by atoms with Crippen LogP contribution in [0.5, 0.6) is 0 Å². The third-order valence-corrected chi connectivity index (χ3v) is 7.40. The first-order chi connectivity index (χ1) is 17.0. The van der Waals surface area contributed by atoms with Gasteiger partial charge in [-0.25, -0.2) is 8.78 Å². The fourth-order valence-electron chi connectivity index (χ4n) is 5.51. The number of nitrogens with zero attached hydrogens (tertiary/aromatic N) is 1. The minimum atomic E-state index is -0.598. The summed E-state index contributed by atoms with van der Waals surface area (Å²) in [5, 5.41) is 13.8. The van der Waals surface area contributed by atoms with Crippen LogP contribution in [-0.4, -0.2) is 35.5 Å².